The first-order valence-electron chi connectivity index (χ1n) is 7.22. The smallest absolute Gasteiger partial charge is 0.138 e. The summed E-state index contributed by atoms with van der Waals surface area (Å²) in [6.45, 7) is 4.23. The standard InChI is InChI=1S/C14H21N5S2/c1-9(2)19-14(16-8-17-19)6-11(18-15)13-5-10-7-20-4-3-12(10)21-13/h5,8-9,11,18H,3-4,6-7,15H2,1-2H3. The van der Waals surface area contributed by atoms with Crippen LogP contribution in [-0.2, 0) is 18.6 Å². The number of aryl methyl sites for hydroxylation is 1. The van der Waals surface area contributed by atoms with Crippen LogP contribution < -0.4 is 11.3 Å². The number of thioether (sulfide) groups is 1. The lowest BCUT2D eigenvalue weighted by Gasteiger charge is -2.15. The van der Waals surface area contributed by atoms with E-state index in [1.165, 1.54) is 27.5 Å². The van der Waals surface area contributed by atoms with E-state index in [9.17, 15) is 0 Å². The lowest BCUT2D eigenvalue weighted by molar-refractivity contribution is 0.471. The number of hydrogen-bond acceptors (Lipinski definition) is 6. The van der Waals surface area contributed by atoms with E-state index in [1.807, 2.05) is 27.8 Å². The Kier molecular flexibility index (Phi) is 4.63. The quantitative estimate of drug-likeness (QED) is 0.653. The first kappa shape index (κ1) is 15.0. The molecule has 5 nitrogen and oxygen atoms in total. The molecule has 1 aliphatic heterocycles. The van der Waals surface area contributed by atoms with E-state index in [1.54, 1.807) is 6.33 Å². The molecule has 0 spiro atoms. The summed E-state index contributed by atoms with van der Waals surface area (Å²) in [4.78, 5) is 7.22. The highest BCUT2D eigenvalue weighted by Crippen LogP contribution is 2.35. The van der Waals surface area contributed by atoms with Gasteiger partial charge in [0.1, 0.15) is 12.2 Å². The van der Waals surface area contributed by atoms with Crippen LogP contribution in [0.25, 0.3) is 0 Å². The lowest BCUT2D eigenvalue weighted by atomic mass is 10.1. The van der Waals surface area contributed by atoms with Gasteiger partial charge in [-0.3, -0.25) is 11.3 Å². The molecule has 0 amide bonds. The zero-order valence-corrected chi connectivity index (χ0v) is 14.0. The van der Waals surface area contributed by atoms with Gasteiger partial charge in [-0.15, -0.1) is 11.3 Å². The second-order valence-corrected chi connectivity index (χ2v) is 7.81. The molecule has 3 N–H and O–H groups in total. The van der Waals surface area contributed by atoms with Crippen molar-refractivity contribution in [1.29, 1.82) is 0 Å². The van der Waals surface area contributed by atoms with Gasteiger partial charge in [0.25, 0.3) is 0 Å². The van der Waals surface area contributed by atoms with E-state index in [4.69, 9.17) is 5.84 Å². The van der Waals surface area contributed by atoms with Crippen LogP contribution in [0.5, 0.6) is 0 Å². The van der Waals surface area contributed by atoms with Crippen LogP contribution in [-0.4, -0.2) is 20.5 Å². The van der Waals surface area contributed by atoms with E-state index < -0.39 is 0 Å². The maximum Gasteiger partial charge on any atom is 0.138 e. The van der Waals surface area contributed by atoms with Gasteiger partial charge >= 0.3 is 0 Å². The number of hydrogen-bond donors (Lipinski definition) is 2. The number of thiophene rings is 1. The molecule has 0 aromatic carbocycles. The first-order chi connectivity index (χ1) is 10.2. The molecule has 1 atom stereocenters. The summed E-state index contributed by atoms with van der Waals surface area (Å²) >= 11 is 3.90. The van der Waals surface area contributed by atoms with E-state index in [2.05, 4.69) is 35.4 Å². The largest absolute Gasteiger partial charge is 0.271 e. The molecule has 3 heterocycles. The second-order valence-electron chi connectivity index (χ2n) is 5.54. The van der Waals surface area contributed by atoms with Crippen LogP contribution in [0.15, 0.2) is 12.4 Å². The molecule has 3 rings (SSSR count). The van der Waals surface area contributed by atoms with Gasteiger partial charge in [0.2, 0.25) is 0 Å². The van der Waals surface area contributed by atoms with E-state index >= 15 is 0 Å². The highest BCUT2D eigenvalue weighted by atomic mass is 32.2. The van der Waals surface area contributed by atoms with Gasteiger partial charge in [0.15, 0.2) is 0 Å². The van der Waals surface area contributed by atoms with Crippen LogP contribution in [0.1, 0.15) is 47.1 Å². The van der Waals surface area contributed by atoms with Gasteiger partial charge in [0.05, 0.1) is 6.04 Å². The Bertz CT molecular complexity index is 581. The number of aromatic nitrogens is 3. The fourth-order valence-corrected chi connectivity index (χ4v) is 5.05. The van der Waals surface area contributed by atoms with Gasteiger partial charge < -0.3 is 0 Å². The molecule has 7 heteroatoms. The maximum absolute atomic E-state index is 5.80. The third-order valence-corrected chi connectivity index (χ3v) is 6.07. The highest BCUT2D eigenvalue weighted by molar-refractivity contribution is 7.98. The molecular formula is C14H21N5S2. The molecule has 0 fully saturated rings. The van der Waals surface area contributed by atoms with E-state index in [-0.39, 0.29) is 6.04 Å². The zero-order valence-electron chi connectivity index (χ0n) is 12.4. The van der Waals surface area contributed by atoms with Crippen LogP contribution in [0.4, 0.5) is 0 Å². The van der Waals surface area contributed by atoms with E-state index in [0.29, 0.717) is 6.04 Å². The Morgan fingerprint density at radius 1 is 1.48 bits per heavy atom. The molecule has 2 aromatic rings. The van der Waals surface area contributed by atoms with Gasteiger partial charge in [-0.05, 0) is 37.7 Å². The minimum Gasteiger partial charge on any atom is -0.271 e. The Labute approximate surface area is 133 Å². The van der Waals surface area contributed by atoms with Crippen molar-refractivity contribution in [1.82, 2.24) is 20.2 Å². The SMILES string of the molecule is CC(C)n1ncnc1CC(NN)c1cc2c(s1)CCSC2. The summed E-state index contributed by atoms with van der Waals surface area (Å²) in [5.41, 5.74) is 4.44. The van der Waals surface area contributed by atoms with Crippen molar-refractivity contribution in [2.24, 2.45) is 5.84 Å². The molecule has 1 aliphatic rings. The molecule has 0 saturated carbocycles. The van der Waals surface area contributed by atoms with Crippen molar-refractivity contribution in [3.63, 3.8) is 0 Å². The third kappa shape index (κ3) is 3.15. The number of nitrogens with two attached hydrogens (primary N) is 1. The van der Waals surface area contributed by atoms with Gasteiger partial charge in [-0.2, -0.15) is 16.9 Å². The maximum atomic E-state index is 5.80. The third-order valence-electron chi connectivity index (χ3n) is 3.71. The zero-order chi connectivity index (χ0) is 14.8. The van der Waals surface area contributed by atoms with E-state index in [0.717, 1.165) is 18.0 Å². The normalized spacial score (nSPS) is 16.2. The van der Waals surface area contributed by atoms with Crippen LogP contribution in [0.3, 0.4) is 0 Å². The summed E-state index contributed by atoms with van der Waals surface area (Å²) < 4.78 is 1.97. The Balaban J connectivity index is 1.81. The molecule has 1 unspecified atom stereocenters. The summed E-state index contributed by atoms with van der Waals surface area (Å²) in [6, 6.07) is 2.73. The fourth-order valence-electron chi connectivity index (χ4n) is 2.62. The van der Waals surface area contributed by atoms with Crippen molar-refractivity contribution in [2.75, 3.05) is 5.75 Å². The Hall–Kier alpha value is -0.890. The summed E-state index contributed by atoms with van der Waals surface area (Å²) in [6.07, 6.45) is 3.57. The van der Waals surface area contributed by atoms with Crippen molar-refractivity contribution < 1.29 is 0 Å². The molecule has 0 aliphatic carbocycles. The number of rotatable bonds is 5. The van der Waals surface area contributed by atoms with Crippen LogP contribution in [0.2, 0.25) is 0 Å². The topological polar surface area (TPSA) is 68.8 Å². The minimum absolute atomic E-state index is 0.104. The number of hydrazine groups is 1. The molecule has 0 radical (unpaired) electrons. The van der Waals surface area contributed by atoms with Gasteiger partial charge in [-0.25, -0.2) is 9.67 Å². The molecule has 0 saturated heterocycles. The van der Waals surface area contributed by atoms with Gasteiger partial charge in [0, 0.05) is 28.0 Å². The molecule has 2 aromatic heterocycles. The highest BCUT2D eigenvalue weighted by Gasteiger charge is 2.21. The van der Waals surface area contributed by atoms with Gasteiger partial charge in [-0.1, -0.05) is 0 Å². The number of fused-ring (bicyclic) bond motifs is 1. The summed E-state index contributed by atoms with van der Waals surface area (Å²) in [7, 11) is 0. The molecular weight excluding hydrogens is 302 g/mol. The summed E-state index contributed by atoms with van der Waals surface area (Å²) in [5.74, 6) is 9.14. The molecule has 21 heavy (non-hydrogen) atoms. The summed E-state index contributed by atoms with van der Waals surface area (Å²) in [5, 5.41) is 4.30. The predicted octanol–water partition coefficient (Wildman–Crippen LogP) is 2.46. The monoisotopic (exact) mass is 323 g/mol. The molecule has 0 bridgehead atoms. The number of nitrogens with one attached hydrogen (secondary N) is 1. The Morgan fingerprint density at radius 3 is 3.05 bits per heavy atom. The first-order valence-corrected chi connectivity index (χ1v) is 9.20. The van der Waals surface area contributed by atoms with Crippen molar-refractivity contribution in [3.8, 4) is 0 Å². The minimum atomic E-state index is 0.104. The average molecular weight is 323 g/mol. The van der Waals surface area contributed by atoms with Crippen LogP contribution >= 0.6 is 23.1 Å². The van der Waals surface area contributed by atoms with Crippen molar-refractivity contribution >= 4 is 23.1 Å². The predicted molar refractivity (Wildman–Crippen MR) is 88.4 cm³/mol. The second kappa shape index (κ2) is 6.48. The Morgan fingerprint density at radius 2 is 2.33 bits per heavy atom. The average Bonchev–Trinajstić information content (AvgIpc) is 3.10. The van der Waals surface area contributed by atoms with Crippen molar-refractivity contribution in [2.45, 2.75) is 44.5 Å². The van der Waals surface area contributed by atoms with Crippen LogP contribution in [0, 0.1) is 0 Å². The number of nitrogens with zero attached hydrogens (tertiary/aromatic N) is 3. The fraction of sp³-hybridized carbons (Fsp3) is 0.571. The lowest BCUT2D eigenvalue weighted by Crippen LogP contribution is -2.30. The van der Waals surface area contributed by atoms with Crippen molar-refractivity contribution in [3.05, 3.63) is 33.5 Å². The molecule has 114 valence electrons.